The normalized spacial score (nSPS) is 16.8. The van der Waals surface area contributed by atoms with E-state index in [1.807, 2.05) is 68.4 Å². The Hall–Kier alpha value is -4.18. The van der Waals surface area contributed by atoms with E-state index in [4.69, 9.17) is 0 Å². The van der Waals surface area contributed by atoms with Gasteiger partial charge in [-0.2, -0.15) is 5.10 Å². The van der Waals surface area contributed by atoms with Crippen molar-refractivity contribution in [1.29, 1.82) is 0 Å². The van der Waals surface area contributed by atoms with Gasteiger partial charge < -0.3 is 15.5 Å². The largest absolute Gasteiger partial charge is 0.331 e. The molecule has 0 radical (unpaired) electrons. The van der Waals surface area contributed by atoms with Crippen LogP contribution in [0.25, 0.3) is 0 Å². The minimum Gasteiger partial charge on any atom is -0.331 e. The Balaban J connectivity index is 1.15. The molecule has 2 unspecified atom stereocenters. The van der Waals surface area contributed by atoms with Crippen LogP contribution in [0.5, 0.6) is 0 Å². The van der Waals surface area contributed by atoms with Crippen LogP contribution < -0.4 is 21.0 Å². The second-order valence-electron chi connectivity index (χ2n) is 9.55. The van der Waals surface area contributed by atoms with E-state index in [1.165, 1.54) is 0 Å². The van der Waals surface area contributed by atoms with Crippen LogP contribution in [0, 0.1) is 0 Å². The molecule has 1 saturated heterocycles. The van der Waals surface area contributed by atoms with E-state index >= 15 is 0 Å². The van der Waals surface area contributed by atoms with E-state index in [9.17, 15) is 14.4 Å². The number of anilines is 2. The zero-order valence-corrected chi connectivity index (χ0v) is 21.0. The number of carbonyl (C=O) groups is 3. The third kappa shape index (κ3) is 5.34. The molecule has 1 aromatic heterocycles. The monoisotopic (exact) mass is 501 g/mol. The summed E-state index contributed by atoms with van der Waals surface area (Å²) in [5.41, 5.74) is 7.30. The van der Waals surface area contributed by atoms with E-state index in [2.05, 4.69) is 26.3 Å². The molecule has 0 saturated carbocycles. The highest BCUT2D eigenvalue weighted by atomic mass is 16.2. The molecule has 37 heavy (non-hydrogen) atoms. The van der Waals surface area contributed by atoms with E-state index < -0.39 is 5.92 Å². The first kappa shape index (κ1) is 24.5. The Morgan fingerprint density at radius 2 is 1.76 bits per heavy atom. The van der Waals surface area contributed by atoms with Gasteiger partial charge in [0, 0.05) is 30.8 Å². The van der Waals surface area contributed by atoms with Gasteiger partial charge in [-0.1, -0.05) is 42.5 Å². The van der Waals surface area contributed by atoms with Gasteiger partial charge in [0.2, 0.25) is 11.8 Å². The van der Waals surface area contributed by atoms with Gasteiger partial charge in [0.1, 0.15) is 0 Å². The number of H-pyrrole nitrogens is 1. The van der Waals surface area contributed by atoms with Crippen LogP contribution >= 0.6 is 0 Å². The fraction of sp³-hybridized carbons (Fsp3) is 0.333. The lowest BCUT2D eigenvalue weighted by Gasteiger charge is -2.20. The number of fused-ring (bicyclic) bond motifs is 1. The quantitative estimate of drug-likeness (QED) is 0.394. The lowest BCUT2D eigenvalue weighted by atomic mass is 10.00. The maximum atomic E-state index is 13.0. The van der Waals surface area contributed by atoms with Crippen LogP contribution in [-0.4, -0.2) is 39.6 Å². The number of benzene rings is 2. The maximum Gasteiger partial charge on any atom is 0.329 e. The highest BCUT2D eigenvalue weighted by Gasteiger charge is 2.28. The van der Waals surface area contributed by atoms with E-state index in [-0.39, 0.29) is 23.9 Å². The lowest BCUT2D eigenvalue weighted by molar-refractivity contribution is -0.118. The summed E-state index contributed by atoms with van der Waals surface area (Å²) in [4.78, 5) is 39.3. The molecule has 2 aromatic carbocycles. The smallest absolute Gasteiger partial charge is 0.329 e. The van der Waals surface area contributed by atoms with Gasteiger partial charge >= 0.3 is 6.03 Å². The number of hydrogen-bond donors (Lipinski definition) is 4. The van der Waals surface area contributed by atoms with E-state index in [0.717, 1.165) is 41.0 Å². The molecule has 1 fully saturated rings. The summed E-state index contributed by atoms with van der Waals surface area (Å²) in [5, 5.41) is 14.9. The first-order chi connectivity index (χ1) is 17.9. The van der Waals surface area contributed by atoms with Gasteiger partial charge in [-0.15, -0.1) is 0 Å². The average Bonchev–Trinajstić information content (AvgIpc) is 3.61. The number of nitrogens with zero attached hydrogens (tertiary/aromatic N) is 3. The summed E-state index contributed by atoms with van der Waals surface area (Å²) in [6.07, 6.45) is 1.46. The Morgan fingerprint density at radius 1 is 1.00 bits per heavy atom. The predicted molar refractivity (Wildman–Crippen MR) is 139 cm³/mol. The summed E-state index contributed by atoms with van der Waals surface area (Å²) < 4.78 is 0. The van der Waals surface area contributed by atoms with Crippen molar-refractivity contribution >= 4 is 29.4 Å². The maximum absolute atomic E-state index is 13.0. The van der Waals surface area contributed by atoms with Crippen LogP contribution in [0.15, 0.2) is 54.6 Å². The molecule has 4 amide bonds. The van der Waals surface area contributed by atoms with Gasteiger partial charge in [-0.05, 0) is 43.5 Å². The van der Waals surface area contributed by atoms with Crippen LogP contribution in [0.2, 0.25) is 0 Å². The number of urea groups is 1. The summed E-state index contributed by atoms with van der Waals surface area (Å²) in [5.74, 6) is 0.0165. The third-order valence-corrected chi connectivity index (χ3v) is 6.97. The number of carbonyl (C=O) groups excluding carboxylic acids is 3. The summed E-state index contributed by atoms with van der Waals surface area (Å²) in [6, 6.07) is 16.9. The second kappa shape index (κ2) is 10.4. The highest BCUT2D eigenvalue weighted by molar-refractivity contribution is 5.96. The van der Waals surface area contributed by atoms with Crippen molar-refractivity contribution in [2.75, 3.05) is 16.8 Å². The molecule has 10 heteroatoms. The molecule has 0 aliphatic carbocycles. The number of hydrazine groups is 1. The zero-order chi connectivity index (χ0) is 25.9. The number of nitrogens with one attached hydrogen (secondary N) is 4. The van der Waals surface area contributed by atoms with Crippen molar-refractivity contribution < 1.29 is 14.4 Å². The topological polar surface area (TPSA) is 122 Å². The van der Waals surface area contributed by atoms with Crippen molar-refractivity contribution in [3.63, 3.8) is 0 Å². The minimum atomic E-state index is -0.406. The van der Waals surface area contributed by atoms with Crippen molar-refractivity contribution in [2.24, 2.45) is 0 Å². The molecule has 5 rings (SSSR count). The van der Waals surface area contributed by atoms with Crippen molar-refractivity contribution in [3.05, 3.63) is 77.0 Å². The van der Waals surface area contributed by atoms with Gasteiger partial charge in [-0.25, -0.2) is 9.80 Å². The number of rotatable bonds is 7. The van der Waals surface area contributed by atoms with Crippen LogP contribution in [0.1, 0.15) is 61.0 Å². The first-order valence-corrected chi connectivity index (χ1v) is 12.5. The second-order valence-corrected chi connectivity index (χ2v) is 9.55. The van der Waals surface area contributed by atoms with Crippen molar-refractivity contribution in [2.45, 2.75) is 51.7 Å². The molecular weight excluding hydrogens is 470 g/mol. The minimum absolute atomic E-state index is 0.135. The molecule has 192 valence electrons. The summed E-state index contributed by atoms with van der Waals surface area (Å²) in [7, 11) is 0. The molecule has 3 heterocycles. The van der Waals surface area contributed by atoms with E-state index in [1.54, 1.807) is 9.91 Å². The summed E-state index contributed by atoms with van der Waals surface area (Å²) in [6.45, 7) is 5.38. The number of aromatic amines is 1. The third-order valence-electron chi connectivity index (χ3n) is 6.97. The van der Waals surface area contributed by atoms with Crippen LogP contribution in [0.4, 0.5) is 16.3 Å². The Kier molecular flexibility index (Phi) is 6.91. The van der Waals surface area contributed by atoms with E-state index in [0.29, 0.717) is 25.3 Å². The highest BCUT2D eigenvalue weighted by Crippen LogP contribution is 2.28. The Labute approximate surface area is 215 Å². The standard InChI is InChI=1S/C27H31N7O3/c1-17(19-10-12-21(13-11-19)34-14-6-9-24(34)35)26(36)29-25-22-15-33(16-23(22)30-31-25)32-27(37)28-18(2)20-7-4-3-5-8-20/h3-5,7-8,10-13,17-18H,6,9,14-16H2,1-2H3,(H2,28,32,37)(H2,29,30,31,36). The van der Waals surface area contributed by atoms with Gasteiger partial charge in [0.05, 0.1) is 24.2 Å². The van der Waals surface area contributed by atoms with Gasteiger partial charge in [0.15, 0.2) is 5.82 Å². The zero-order valence-electron chi connectivity index (χ0n) is 21.0. The average molecular weight is 502 g/mol. The molecule has 2 aliphatic heterocycles. The molecule has 2 atom stereocenters. The van der Waals surface area contributed by atoms with Crippen molar-refractivity contribution in [3.8, 4) is 0 Å². The van der Waals surface area contributed by atoms with Crippen LogP contribution in [0.3, 0.4) is 0 Å². The first-order valence-electron chi connectivity index (χ1n) is 12.5. The fourth-order valence-corrected chi connectivity index (χ4v) is 4.76. The number of aromatic nitrogens is 2. The predicted octanol–water partition coefficient (Wildman–Crippen LogP) is 3.57. The molecule has 3 aromatic rings. The molecule has 0 bridgehead atoms. The Morgan fingerprint density at radius 3 is 2.46 bits per heavy atom. The SMILES string of the molecule is CC(NC(=O)NN1Cc2[nH]nc(NC(=O)C(C)c3ccc(N4CCCC4=O)cc3)c2C1)c1ccccc1. The molecule has 10 nitrogen and oxygen atoms in total. The molecular formula is C27H31N7O3. The molecule has 2 aliphatic rings. The number of hydrogen-bond acceptors (Lipinski definition) is 5. The molecule has 4 N–H and O–H groups in total. The summed E-state index contributed by atoms with van der Waals surface area (Å²) >= 11 is 0. The number of amides is 4. The van der Waals surface area contributed by atoms with Gasteiger partial charge in [0.25, 0.3) is 0 Å². The fourth-order valence-electron chi connectivity index (χ4n) is 4.76. The Bertz CT molecular complexity index is 1290. The molecule has 0 spiro atoms. The van der Waals surface area contributed by atoms with Gasteiger partial charge in [-0.3, -0.25) is 20.1 Å². The van der Waals surface area contributed by atoms with Crippen LogP contribution in [-0.2, 0) is 22.7 Å². The van der Waals surface area contributed by atoms with Crippen molar-refractivity contribution in [1.82, 2.24) is 25.9 Å². The lowest BCUT2D eigenvalue weighted by Crippen LogP contribution is -2.45.